The van der Waals surface area contributed by atoms with Gasteiger partial charge in [0, 0.05) is 15.5 Å². The van der Waals surface area contributed by atoms with E-state index in [0.717, 1.165) is 22.6 Å². The lowest BCUT2D eigenvalue weighted by atomic mass is 10.1. The van der Waals surface area contributed by atoms with Crippen molar-refractivity contribution >= 4 is 34.8 Å². The molecule has 152 valence electrons. The Bertz CT molecular complexity index is 1180. The van der Waals surface area contributed by atoms with Gasteiger partial charge in [0.05, 0.1) is 16.9 Å². The van der Waals surface area contributed by atoms with Crippen molar-refractivity contribution in [3.05, 3.63) is 114 Å². The number of aromatic carboxylic acids is 1. The smallest absolute Gasteiger partial charge is 0.335 e. The van der Waals surface area contributed by atoms with Crippen LogP contribution in [0.15, 0.2) is 113 Å². The molecule has 0 saturated carbocycles. The molecule has 4 aromatic carbocycles. The molecule has 4 aromatic rings. The van der Waals surface area contributed by atoms with E-state index >= 15 is 0 Å². The van der Waals surface area contributed by atoms with Crippen LogP contribution in [0.4, 0.5) is 17.1 Å². The van der Waals surface area contributed by atoms with Crippen LogP contribution >= 0.6 is 11.8 Å². The van der Waals surface area contributed by atoms with E-state index in [2.05, 4.69) is 70.9 Å². The summed E-state index contributed by atoms with van der Waals surface area (Å²) in [5, 5.41) is 12.9. The zero-order valence-electron chi connectivity index (χ0n) is 16.6. The maximum Gasteiger partial charge on any atom is 0.335 e. The quantitative estimate of drug-likeness (QED) is 0.369. The van der Waals surface area contributed by atoms with Gasteiger partial charge in [-0.2, -0.15) is 0 Å². The van der Waals surface area contributed by atoms with Gasteiger partial charge in [-0.05, 0) is 54.1 Å². The lowest BCUT2D eigenvalue weighted by Crippen LogP contribution is -2.32. The lowest BCUT2D eigenvalue weighted by molar-refractivity contribution is 0.0697. The van der Waals surface area contributed by atoms with E-state index in [1.807, 2.05) is 30.3 Å². The van der Waals surface area contributed by atoms with E-state index in [9.17, 15) is 9.90 Å². The number of carbonyl (C=O) groups is 1. The molecule has 0 bridgehead atoms. The highest BCUT2D eigenvalue weighted by Gasteiger charge is 2.30. The van der Waals surface area contributed by atoms with Crippen molar-refractivity contribution in [2.45, 2.75) is 16.0 Å². The van der Waals surface area contributed by atoms with E-state index in [1.54, 1.807) is 23.9 Å². The summed E-state index contributed by atoms with van der Waals surface area (Å²) < 4.78 is 0. The third-order valence-electron chi connectivity index (χ3n) is 5.28. The van der Waals surface area contributed by atoms with E-state index in [0.29, 0.717) is 0 Å². The highest BCUT2D eigenvalue weighted by atomic mass is 32.2. The molecule has 0 amide bonds. The largest absolute Gasteiger partial charge is 0.478 e. The van der Waals surface area contributed by atoms with Crippen LogP contribution in [0, 0.1) is 0 Å². The summed E-state index contributed by atoms with van der Waals surface area (Å²) >= 11 is 1.78. The van der Waals surface area contributed by atoms with Crippen LogP contribution in [0.3, 0.4) is 0 Å². The maximum absolute atomic E-state index is 11.2. The van der Waals surface area contributed by atoms with E-state index < -0.39 is 5.97 Å². The Kier molecular flexibility index (Phi) is 5.10. The molecule has 5 rings (SSSR count). The van der Waals surface area contributed by atoms with Gasteiger partial charge in [-0.15, -0.1) is 0 Å². The average Bonchev–Trinajstić information content (AvgIpc) is 2.82. The van der Waals surface area contributed by atoms with Crippen LogP contribution in [0.2, 0.25) is 0 Å². The molecule has 1 unspecified atom stereocenters. The summed E-state index contributed by atoms with van der Waals surface area (Å²) in [6.45, 7) is 0. The summed E-state index contributed by atoms with van der Waals surface area (Å²) in [6, 6.07) is 34.0. The summed E-state index contributed by atoms with van der Waals surface area (Å²) in [4.78, 5) is 16.0. The number of hydrogen-bond acceptors (Lipinski definition) is 4. The minimum atomic E-state index is -0.929. The predicted octanol–water partition coefficient (Wildman–Crippen LogP) is 6.80. The minimum absolute atomic E-state index is 0.180. The Labute approximate surface area is 185 Å². The molecule has 0 saturated heterocycles. The second kappa shape index (κ2) is 8.20. The summed E-state index contributed by atoms with van der Waals surface area (Å²) in [5.74, 6) is -0.929. The number of nitrogens with one attached hydrogen (secondary N) is 1. The minimum Gasteiger partial charge on any atom is -0.478 e. The van der Waals surface area contributed by atoms with Gasteiger partial charge in [-0.1, -0.05) is 66.4 Å². The molecule has 5 heteroatoms. The molecule has 2 N–H and O–H groups in total. The van der Waals surface area contributed by atoms with E-state index in [1.165, 1.54) is 9.79 Å². The van der Waals surface area contributed by atoms with Crippen molar-refractivity contribution in [3.8, 4) is 0 Å². The van der Waals surface area contributed by atoms with Crippen LogP contribution in [0.1, 0.15) is 22.1 Å². The van der Waals surface area contributed by atoms with Crippen molar-refractivity contribution in [2.24, 2.45) is 0 Å². The van der Waals surface area contributed by atoms with Crippen molar-refractivity contribution < 1.29 is 9.90 Å². The number of para-hydroxylation sites is 2. The molecule has 1 atom stereocenters. The maximum atomic E-state index is 11.2. The number of carboxylic acid groups (broad SMARTS) is 1. The Balaban J connectivity index is 1.63. The second-order valence-corrected chi connectivity index (χ2v) is 8.33. The fourth-order valence-corrected chi connectivity index (χ4v) is 4.88. The Morgan fingerprint density at radius 2 is 1.29 bits per heavy atom. The molecule has 0 spiro atoms. The molecule has 0 aliphatic carbocycles. The van der Waals surface area contributed by atoms with Crippen LogP contribution in [-0.2, 0) is 0 Å². The van der Waals surface area contributed by atoms with Gasteiger partial charge in [-0.3, -0.25) is 0 Å². The zero-order valence-corrected chi connectivity index (χ0v) is 17.4. The molecule has 31 heavy (non-hydrogen) atoms. The standard InChI is InChI=1S/C26H20N2O2S/c29-26(30)19-14-16-20(17-15-19)27-25(18-8-2-1-3-9-18)28-21-10-4-6-12-23(21)31-24-13-7-5-11-22(24)28/h1-17,25,27H,(H,29,30). The molecular weight excluding hydrogens is 404 g/mol. The molecule has 1 heterocycles. The molecule has 0 aromatic heterocycles. The van der Waals surface area contributed by atoms with Gasteiger partial charge in [0.15, 0.2) is 0 Å². The van der Waals surface area contributed by atoms with Crippen molar-refractivity contribution in [1.82, 2.24) is 0 Å². The number of hydrogen-bond donors (Lipinski definition) is 2. The number of rotatable bonds is 5. The molecule has 1 aliphatic rings. The van der Waals surface area contributed by atoms with Crippen LogP contribution in [-0.4, -0.2) is 11.1 Å². The van der Waals surface area contributed by atoms with Gasteiger partial charge in [-0.25, -0.2) is 4.79 Å². The first-order chi connectivity index (χ1) is 15.2. The molecule has 4 nitrogen and oxygen atoms in total. The predicted molar refractivity (Wildman–Crippen MR) is 125 cm³/mol. The highest BCUT2D eigenvalue weighted by Crippen LogP contribution is 2.51. The first-order valence-electron chi connectivity index (χ1n) is 10.0. The van der Waals surface area contributed by atoms with Crippen molar-refractivity contribution in [3.63, 3.8) is 0 Å². The highest BCUT2D eigenvalue weighted by molar-refractivity contribution is 7.99. The fraction of sp³-hybridized carbons (Fsp3) is 0.0385. The number of nitrogens with zero attached hydrogens (tertiary/aromatic N) is 1. The number of fused-ring (bicyclic) bond motifs is 2. The van der Waals surface area contributed by atoms with Gasteiger partial charge >= 0.3 is 5.97 Å². The Morgan fingerprint density at radius 1 is 0.742 bits per heavy atom. The van der Waals surface area contributed by atoms with Crippen LogP contribution in [0.5, 0.6) is 0 Å². The van der Waals surface area contributed by atoms with Crippen LogP contribution in [0.25, 0.3) is 0 Å². The third kappa shape index (κ3) is 3.76. The third-order valence-corrected chi connectivity index (χ3v) is 6.41. The fourth-order valence-electron chi connectivity index (χ4n) is 3.81. The van der Waals surface area contributed by atoms with Gasteiger partial charge < -0.3 is 15.3 Å². The molecule has 1 aliphatic heterocycles. The zero-order chi connectivity index (χ0) is 21.2. The molecule has 0 fully saturated rings. The average molecular weight is 425 g/mol. The summed E-state index contributed by atoms with van der Waals surface area (Å²) in [6.07, 6.45) is -0.180. The van der Waals surface area contributed by atoms with Crippen molar-refractivity contribution in [2.75, 3.05) is 10.2 Å². The van der Waals surface area contributed by atoms with Gasteiger partial charge in [0.2, 0.25) is 0 Å². The SMILES string of the molecule is O=C(O)c1ccc(NC(c2ccccc2)N2c3ccccc3Sc3ccccc32)cc1. The second-order valence-electron chi connectivity index (χ2n) is 7.25. The van der Waals surface area contributed by atoms with Gasteiger partial charge in [0.25, 0.3) is 0 Å². The monoisotopic (exact) mass is 424 g/mol. The number of anilines is 3. The molecular formula is C26H20N2O2S. The van der Waals surface area contributed by atoms with E-state index in [-0.39, 0.29) is 11.7 Å². The molecule has 0 radical (unpaired) electrons. The first kappa shape index (κ1) is 19.3. The topological polar surface area (TPSA) is 52.6 Å². The normalized spacial score (nSPS) is 13.1. The lowest BCUT2D eigenvalue weighted by Gasteiger charge is -2.39. The van der Waals surface area contributed by atoms with Crippen molar-refractivity contribution in [1.29, 1.82) is 0 Å². The summed E-state index contributed by atoms with van der Waals surface area (Å²) in [5.41, 5.74) is 4.50. The summed E-state index contributed by atoms with van der Waals surface area (Å²) in [7, 11) is 0. The number of benzene rings is 4. The first-order valence-corrected chi connectivity index (χ1v) is 10.8. The Hall–Kier alpha value is -3.70. The van der Waals surface area contributed by atoms with Gasteiger partial charge in [0.1, 0.15) is 6.17 Å². The van der Waals surface area contributed by atoms with E-state index in [4.69, 9.17) is 0 Å². The number of carboxylic acids is 1. The van der Waals surface area contributed by atoms with Crippen LogP contribution < -0.4 is 10.2 Å². The Morgan fingerprint density at radius 3 is 1.87 bits per heavy atom.